The van der Waals surface area contributed by atoms with Crippen LogP contribution >= 0.6 is 24.0 Å². The van der Waals surface area contributed by atoms with E-state index in [1.54, 1.807) is 0 Å². The third-order valence-corrected chi connectivity index (χ3v) is 7.73. The minimum atomic E-state index is -0.732. The third-order valence-electron chi connectivity index (χ3n) is 6.30. The second-order valence-corrected chi connectivity index (χ2v) is 10.1. The maximum atomic E-state index is 12.7. The second kappa shape index (κ2) is 7.00. The van der Waals surface area contributed by atoms with E-state index in [1.807, 2.05) is 0 Å². The van der Waals surface area contributed by atoms with E-state index in [9.17, 15) is 19.5 Å². The van der Waals surface area contributed by atoms with Gasteiger partial charge in [-0.1, -0.05) is 24.0 Å². The molecule has 0 radical (unpaired) electrons. The highest BCUT2D eigenvalue weighted by atomic mass is 32.2. The van der Waals surface area contributed by atoms with Crippen LogP contribution in [0.15, 0.2) is 0 Å². The van der Waals surface area contributed by atoms with E-state index in [1.165, 1.54) is 16.7 Å². The summed E-state index contributed by atoms with van der Waals surface area (Å²) in [5.41, 5.74) is -1.35. The van der Waals surface area contributed by atoms with Crippen molar-refractivity contribution >= 4 is 46.1 Å². The predicted molar refractivity (Wildman–Crippen MR) is 103 cm³/mol. The van der Waals surface area contributed by atoms with E-state index < -0.39 is 16.9 Å². The predicted octanol–water partition coefficient (Wildman–Crippen LogP) is 0.837. The molecule has 4 bridgehead atoms. The smallest absolute Gasteiger partial charge is 0.312 e. The monoisotopic (exact) mass is 412 g/mol. The molecule has 1 heterocycles. The fraction of sp³-hybridized carbons (Fsp3) is 0.778. The first-order chi connectivity index (χ1) is 12.8. The van der Waals surface area contributed by atoms with Crippen molar-refractivity contribution in [3.05, 3.63) is 0 Å². The highest BCUT2D eigenvalue weighted by Gasteiger charge is 2.60. The molecule has 1 saturated heterocycles. The molecule has 7 nitrogen and oxygen atoms in total. The highest BCUT2D eigenvalue weighted by molar-refractivity contribution is 8.23. The number of esters is 1. The van der Waals surface area contributed by atoms with Crippen LogP contribution < -0.4 is 5.32 Å². The number of rotatable bonds is 6. The van der Waals surface area contributed by atoms with Crippen molar-refractivity contribution in [3.63, 3.8) is 0 Å². The molecule has 1 aliphatic heterocycles. The molecule has 9 heteroatoms. The van der Waals surface area contributed by atoms with Crippen LogP contribution in [0.4, 0.5) is 0 Å². The Bertz CT molecular complexity index is 667. The Kier molecular flexibility index (Phi) is 4.97. The fourth-order valence-electron chi connectivity index (χ4n) is 5.69. The summed E-state index contributed by atoms with van der Waals surface area (Å²) in [7, 11) is 0. The number of nitrogens with zero attached hydrogens (tertiary/aromatic N) is 1. The van der Waals surface area contributed by atoms with Gasteiger partial charge in [-0.3, -0.25) is 19.3 Å². The van der Waals surface area contributed by atoms with Crippen molar-refractivity contribution in [2.24, 2.45) is 17.3 Å². The lowest BCUT2D eigenvalue weighted by Gasteiger charge is -2.58. The molecule has 148 valence electrons. The molecule has 5 aliphatic rings. The first-order valence-electron chi connectivity index (χ1n) is 9.42. The number of hydrogen-bond acceptors (Lipinski definition) is 7. The Labute approximate surface area is 167 Å². The van der Waals surface area contributed by atoms with E-state index in [2.05, 4.69) is 5.32 Å². The Balaban J connectivity index is 1.24. The zero-order valence-electron chi connectivity index (χ0n) is 15.1. The second-order valence-electron chi connectivity index (χ2n) is 8.49. The van der Waals surface area contributed by atoms with Crippen molar-refractivity contribution in [2.45, 2.75) is 44.1 Å². The van der Waals surface area contributed by atoms with Gasteiger partial charge in [0.05, 0.1) is 16.8 Å². The van der Waals surface area contributed by atoms with Crippen LogP contribution in [0.1, 0.15) is 38.5 Å². The third kappa shape index (κ3) is 3.73. The summed E-state index contributed by atoms with van der Waals surface area (Å²) in [5.74, 6) is 0.329. The topological polar surface area (TPSA) is 95.9 Å². The van der Waals surface area contributed by atoms with Crippen LogP contribution in [0.2, 0.25) is 0 Å². The minimum Gasteiger partial charge on any atom is -0.455 e. The van der Waals surface area contributed by atoms with Gasteiger partial charge in [0.2, 0.25) is 5.91 Å². The molecule has 5 rings (SSSR count). The van der Waals surface area contributed by atoms with Gasteiger partial charge in [-0.2, -0.15) is 0 Å². The summed E-state index contributed by atoms with van der Waals surface area (Å²) in [6.07, 6.45) is 4.65. The van der Waals surface area contributed by atoms with Gasteiger partial charge in [0.25, 0.3) is 5.91 Å². The van der Waals surface area contributed by atoms with E-state index >= 15 is 0 Å². The molecule has 5 fully saturated rings. The van der Waals surface area contributed by atoms with Crippen molar-refractivity contribution < 1.29 is 24.2 Å². The minimum absolute atomic E-state index is 0.0505. The normalized spacial score (nSPS) is 37.0. The van der Waals surface area contributed by atoms with Crippen molar-refractivity contribution in [1.82, 2.24) is 10.2 Å². The number of ether oxygens (including phenoxy) is 1. The molecule has 4 atom stereocenters. The SMILES string of the molecule is O=C(COC(=O)C12C[C@@H]3C[C@@H](CC(O)(C3)C1)C2)NCCN1C(=O)CSC1=S. The molecular formula is C18H24N2O5S2. The highest BCUT2D eigenvalue weighted by Crippen LogP contribution is 2.61. The number of thiocarbonyl (C=S) groups is 1. The van der Waals surface area contributed by atoms with Gasteiger partial charge in [-0.15, -0.1) is 0 Å². The summed E-state index contributed by atoms with van der Waals surface area (Å²) in [6.45, 7) is 0.254. The van der Waals surface area contributed by atoms with Crippen LogP contribution in [-0.4, -0.2) is 63.2 Å². The molecular weight excluding hydrogens is 388 g/mol. The summed E-state index contributed by atoms with van der Waals surface area (Å²) in [6, 6.07) is 0. The molecule has 2 N–H and O–H groups in total. The average Bonchev–Trinajstić information content (AvgIpc) is 2.89. The molecule has 2 unspecified atom stereocenters. The van der Waals surface area contributed by atoms with Crippen LogP contribution in [0, 0.1) is 17.3 Å². The quantitative estimate of drug-likeness (QED) is 0.493. The van der Waals surface area contributed by atoms with E-state index in [-0.39, 0.29) is 25.0 Å². The van der Waals surface area contributed by atoms with Crippen LogP contribution in [0.3, 0.4) is 0 Å². The number of aliphatic hydroxyl groups is 1. The Hall–Kier alpha value is -1.19. The summed E-state index contributed by atoms with van der Waals surface area (Å²) >= 11 is 6.40. The molecule has 0 spiro atoms. The van der Waals surface area contributed by atoms with Gasteiger partial charge in [-0.05, 0) is 50.4 Å². The van der Waals surface area contributed by atoms with Crippen molar-refractivity contribution in [3.8, 4) is 0 Å². The number of thioether (sulfide) groups is 1. The number of nitrogens with one attached hydrogen (secondary N) is 1. The van der Waals surface area contributed by atoms with E-state index in [4.69, 9.17) is 17.0 Å². The maximum absolute atomic E-state index is 12.7. The lowest BCUT2D eigenvalue weighted by molar-refractivity contribution is -0.196. The summed E-state index contributed by atoms with van der Waals surface area (Å²) < 4.78 is 5.85. The van der Waals surface area contributed by atoms with Crippen LogP contribution in [-0.2, 0) is 19.1 Å². The number of hydrogen-bond donors (Lipinski definition) is 2. The Morgan fingerprint density at radius 2 is 2.00 bits per heavy atom. The standard InChI is InChI=1S/C18H24N2O5S2/c21-13(19-1-2-20-14(22)9-27-16(20)26)8-25-15(23)17-4-11-3-12(5-17)7-18(24,6-11)10-17/h11-12,24H,1-10H2,(H,19,21)/t11-,12+,17?,18?. The molecule has 27 heavy (non-hydrogen) atoms. The van der Waals surface area contributed by atoms with Crippen molar-refractivity contribution in [1.29, 1.82) is 0 Å². The zero-order valence-corrected chi connectivity index (χ0v) is 16.7. The van der Waals surface area contributed by atoms with Gasteiger partial charge < -0.3 is 15.2 Å². The zero-order chi connectivity index (χ0) is 19.2. The molecule has 2 amide bonds. The Morgan fingerprint density at radius 3 is 2.59 bits per heavy atom. The first-order valence-corrected chi connectivity index (χ1v) is 10.8. The van der Waals surface area contributed by atoms with Crippen molar-refractivity contribution in [2.75, 3.05) is 25.4 Å². The van der Waals surface area contributed by atoms with E-state index in [0.29, 0.717) is 34.9 Å². The number of carbonyl (C=O) groups excluding carboxylic acids is 3. The lowest BCUT2D eigenvalue weighted by Crippen LogP contribution is -2.58. The van der Waals surface area contributed by atoms with Gasteiger partial charge >= 0.3 is 5.97 Å². The van der Waals surface area contributed by atoms with Gasteiger partial charge in [-0.25, -0.2) is 0 Å². The molecule has 0 aromatic carbocycles. The molecule has 0 aromatic rings. The van der Waals surface area contributed by atoms with Gasteiger partial charge in [0.1, 0.15) is 4.32 Å². The largest absolute Gasteiger partial charge is 0.455 e. The van der Waals surface area contributed by atoms with E-state index in [0.717, 1.165) is 32.1 Å². The lowest BCUT2D eigenvalue weighted by atomic mass is 9.48. The maximum Gasteiger partial charge on any atom is 0.312 e. The summed E-state index contributed by atoms with van der Waals surface area (Å²) in [4.78, 5) is 37.8. The average molecular weight is 413 g/mol. The van der Waals surface area contributed by atoms with Crippen LogP contribution in [0.5, 0.6) is 0 Å². The van der Waals surface area contributed by atoms with Gasteiger partial charge in [0.15, 0.2) is 6.61 Å². The molecule has 4 aliphatic carbocycles. The van der Waals surface area contributed by atoms with Gasteiger partial charge in [0, 0.05) is 13.1 Å². The Morgan fingerprint density at radius 1 is 1.30 bits per heavy atom. The number of carbonyl (C=O) groups is 3. The first kappa shape index (κ1) is 19.1. The molecule has 0 aromatic heterocycles. The van der Waals surface area contributed by atoms with Crippen LogP contribution in [0.25, 0.3) is 0 Å². The number of amides is 2. The summed E-state index contributed by atoms with van der Waals surface area (Å²) in [5, 5.41) is 13.4. The molecule has 4 saturated carbocycles. The fourth-order valence-corrected chi connectivity index (χ4v) is 6.81.